The molecular weight excluding hydrogens is 256 g/mol. The summed E-state index contributed by atoms with van der Waals surface area (Å²) in [4.78, 5) is 4.46. The Bertz CT molecular complexity index is 465. The second-order valence-corrected chi connectivity index (χ2v) is 5.84. The van der Waals surface area contributed by atoms with Gasteiger partial charge in [0.2, 0.25) is 0 Å². The van der Waals surface area contributed by atoms with E-state index in [0.717, 1.165) is 28.6 Å². The Hall–Kier alpha value is -1.00. The summed E-state index contributed by atoms with van der Waals surface area (Å²) in [6, 6.07) is 8.51. The van der Waals surface area contributed by atoms with E-state index >= 15 is 0 Å². The third-order valence-electron chi connectivity index (χ3n) is 3.02. The molecule has 1 unspecified atom stereocenters. The molecule has 1 heterocycles. The molecule has 1 aromatic carbocycles. The highest BCUT2D eigenvalue weighted by Crippen LogP contribution is 2.23. The Balaban J connectivity index is 1.70. The molecular formula is C15H22N2OS. The van der Waals surface area contributed by atoms with E-state index in [9.17, 15) is 0 Å². The molecule has 1 atom stereocenters. The van der Waals surface area contributed by atoms with Crippen molar-refractivity contribution in [1.29, 1.82) is 0 Å². The van der Waals surface area contributed by atoms with Gasteiger partial charge in [-0.05, 0) is 44.9 Å². The topological polar surface area (TPSA) is 38.1 Å². The van der Waals surface area contributed by atoms with Crippen molar-refractivity contribution in [2.24, 2.45) is 0 Å². The van der Waals surface area contributed by atoms with E-state index in [0.29, 0.717) is 6.04 Å². The van der Waals surface area contributed by atoms with Gasteiger partial charge >= 0.3 is 0 Å². The number of oxazole rings is 1. The SMILES string of the molecule is CCCNC(C)CCCSc1nc2ccccc2o1. The van der Waals surface area contributed by atoms with Crippen LogP contribution in [0.1, 0.15) is 33.1 Å². The van der Waals surface area contributed by atoms with E-state index < -0.39 is 0 Å². The average molecular weight is 278 g/mol. The molecule has 19 heavy (non-hydrogen) atoms. The van der Waals surface area contributed by atoms with Crippen LogP contribution >= 0.6 is 11.8 Å². The number of nitrogens with zero attached hydrogens (tertiary/aromatic N) is 1. The van der Waals surface area contributed by atoms with Crippen LogP contribution < -0.4 is 5.32 Å². The van der Waals surface area contributed by atoms with Gasteiger partial charge in [0.05, 0.1) is 0 Å². The number of hydrogen-bond acceptors (Lipinski definition) is 4. The molecule has 1 aromatic heterocycles. The zero-order valence-electron chi connectivity index (χ0n) is 11.7. The summed E-state index contributed by atoms with van der Waals surface area (Å²) in [7, 11) is 0. The first-order chi connectivity index (χ1) is 9.29. The molecule has 4 heteroatoms. The summed E-state index contributed by atoms with van der Waals surface area (Å²) in [5.41, 5.74) is 1.82. The fourth-order valence-electron chi connectivity index (χ4n) is 1.95. The van der Waals surface area contributed by atoms with Crippen molar-refractivity contribution < 1.29 is 4.42 Å². The highest BCUT2D eigenvalue weighted by molar-refractivity contribution is 7.99. The van der Waals surface area contributed by atoms with E-state index in [-0.39, 0.29) is 0 Å². The summed E-state index contributed by atoms with van der Waals surface area (Å²) in [5.74, 6) is 1.06. The van der Waals surface area contributed by atoms with Gasteiger partial charge in [0, 0.05) is 11.8 Å². The molecule has 2 aromatic rings. The maximum absolute atomic E-state index is 5.68. The van der Waals surface area contributed by atoms with Gasteiger partial charge in [-0.2, -0.15) is 0 Å². The Morgan fingerprint density at radius 3 is 3.00 bits per heavy atom. The van der Waals surface area contributed by atoms with E-state index in [1.165, 1.54) is 19.3 Å². The standard InChI is InChI=1S/C15H22N2OS/c1-3-10-16-12(2)7-6-11-19-15-17-13-8-4-5-9-14(13)18-15/h4-5,8-9,12,16H,3,6-7,10-11H2,1-2H3. The van der Waals surface area contributed by atoms with Gasteiger partial charge in [-0.1, -0.05) is 30.8 Å². The second-order valence-electron chi connectivity index (χ2n) is 4.79. The highest BCUT2D eigenvalue weighted by Gasteiger charge is 2.06. The van der Waals surface area contributed by atoms with Crippen molar-refractivity contribution in [1.82, 2.24) is 10.3 Å². The summed E-state index contributed by atoms with van der Waals surface area (Å²) in [6.45, 7) is 5.56. The first-order valence-electron chi connectivity index (χ1n) is 7.01. The Labute approximate surface area is 119 Å². The third-order valence-corrected chi connectivity index (χ3v) is 3.94. The number of hydrogen-bond donors (Lipinski definition) is 1. The largest absolute Gasteiger partial charge is 0.431 e. The molecule has 0 aliphatic heterocycles. The van der Waals surface area contributed by atoms with Crippen LogP contribution in [0.4, 0.5) is 0 Å². The maximum atomic E-state index is 5.68. The Morgan fingerprint density at radius 2 is 2.21 bits per heavy atom. The molecule has 0 saturated carbocycles. The van der Waals surface area contributed by atoms with Crippen LogP contribution in [-0.2, 0) is 0 Å². The minimum atomic E-state index is 0.601. The normalized spacial score (nSPS) is 12.9. The van der Waals surface area contributed by atoms with Gasteiger partial charge in [-0.25, -0.2) is 4.98 Å². The third kappa shape index (κ3) is 4.55. The van der Waals surface area contributed by atoms with Crippen LogP contribution in [0.2, 0.25) is 0 Å². The lowest BCUT2D eigenvalue weighted by Gasteiger charge is -2.11. The van der Waals surface area contributed by atoms with E-state index in [1.807, 2.05) is 24.3 Å². The lowest BCUT2D eigenvalue weighted by atomic mass is 10.2. The quantitative estimate of drug-likeness (QED) is 0.583. The van der Waals surface area contributed by atoms with E-state index in [4.69, 9.17) is 4.42 Å². The molecule has 2 rings (SSSR count). The lowest BCUT2D eigenvalue weighted by Crippen LogP contribution is -2.26. The summed E-state index contributed by atoms with van der Waals surface area (Å²) in [6.07, 6.45) is 3.58. The van der Waals surface area contributed by atoms with E-state index in [2.05, 4.69) is 24.1 Å². The van der Waals surface area contributed by atoms with Crippen molar-refractivity contribution in [2.75, 3.05) is 12.3 Å². The predicted molar refractivity (Wildman–Crippen MR) is 81.7 cm³/mol. The number of thioether (sulfide) groups is 1. The molecule has 0 fully saturated rings. The molecule has 104 valence electrons. The highest BCUT2D eigenvalue weighted by atomic mass is 32.2. The molecule has 0 bridgehead atoms. The molecule has 1 N–H and O–H groups in total. The summed E-state index contributed by atoms with van der Waals surface area (Å²) < 4.78 is 5.68. The van der Waals surface area contributed by atoms with Crippen molar-refractivity contribution in [2.45, 2.75) is 44.4 Å². The fourth-order valence-corrected chi connectivity index (χ4v) is 2.75. The predicted octanol–water partition coefficient (Wildman–Crippen LogP) is 4.09. The van der Waals surface area contributed by atoms with Gasteiger partial charge in [0.25, 0.3) is 5.22 Å². The van der Waals surface area contributed by atoms with Crippen LogP contribution in [0.15, 0.2) is 33.9 Å². The number of fused-ring (bicyclic) bond motifs is 1. The number of nitrogens with one attached hydrogen (secondary N) is 1. The second kappa shape index (κ2) is 7.56. The zero-order chi connectivity index (χ0) is 13.5. The number of benzene rings is 1. The smallest absolute Gasteiger partial charge is 0.256 e. The van der Waals surface area contributed by atoms with Crippen molar-refractivity contribution in [3.05, 3.63) is 24.3 Å². The first kappa shape index (κ1) is 14.4. The van der Waals surface area contributed by atoms with Crippen LogP contribution in [0, 0.1) is 0 Å². The van der Waals surface area contributed by atoms with Crippen molar-refractivity contribution in [3.8, 4) is 0 Å². The Morgan fingerprint density at radius 1 is 1.37 bits per heavy atom. The van der Waals surface area contributed by atoms with Crippen molar-refractivity contribution in [3.63, 3.8) is 0 Å². The minimum Gasteiger partial charge on any atom is -0.431 e. The number of rotatable bonds is 8. The zero-order valence-corrected chi connectivity index (χ0v) is 12.5. The van der Waals surface area contributed by atoms with Crippen LogP contribution in [0.5, 0.6) is 0 Å². The van der Waals surface area contributed by atoms with Gasteiger partial charge in [0.1, 0.15) is 5.52 Å². The average Bonchev–Trinajstić information content (AvgIpc) is 2.84. The molecule has 3 nitrogen and oxygen atoms in total. The van der Waals surface area contributed by atoms with E-state index in [1.54, 1.807) is 11.8 Å². The molecule has 0 radical (unpaired) electrons. The monoisotopic (exact) mass is 278 g/mol. The van der Waals surface area contributed by atoms with Gasteiger partial charge in [0.15, 0.2) is 5.58 Å². The van der Waals surface area contributed by atoms with Gasteiger partial charge < -0.3 is 9.73 Å². The van der Waals surface area contributed by atoms with Gasteiger partial charge in [-0.3, -0.25) is 0 Å². The molecule has 0 spiro atoms. The van der Waals surface area contributed by atoms with Gasteiger partial charge in [-0.15, -0.1) is 0 Å². The summed E-state index contributed by atoms with van der Waals surface area (Å²) >= 11 is 1.71. The minimum absolute atomic E-state index is 0.601. The first-order valence-corrected chi connectivity index (χ1v) is 8.00. The van der Waals surface area contributed by atoms with Crippen molar-refractivity contribution >= 4 is 22.9 Å². The number of aromatic nitrogens is 1. The van der Waals surface area contributed by atoms with Crippen LogP contribution in [0.25, 0.3) is 11.1 Å². The molecule has 0 aliphatic rings. The molecule has 0 amide bonds. The molecule has 0 saturated heterocycles. The molecule has 0 aliphatic carbocycles. The van der Waals surface area contributed by atoms with Crippen LogP contribution in [0.3, 0.4) is 0 Å². The number of para-hydroxylation sites is 2. The maximum Gasteiger partial charge on any atom is 0.256 e. The lowest BCUT2D eigenvalue weighted by molar-refractivity contribution is 0.487. The van der Waals surface area contributed by atoms with Crippen LogP contribution in [-0.4, -0.2) is 23.3 Å². The Kier molecular flexibility index (Phi) is 5.73. The fraction of sp³-hybridized carbons (Fsp3) is 0.533. The summed E-state index contributed by atoms with van der Waals surface area (Å²) in [5, 5.41) is 4.29.